The Labute approximate surface area is 105 Å². The quantitative estimate of drug-likeness (QED) is 0.886. The number of nitrogen functional groups attached to an aromatic ring is 1. The van der Waals surface area contributed by atoms with Gasteiger partial charge in [-0.15, -0.1) is 0 Å². The second-order valence-electron chi connectivity index (χ2n) is 4.55. The van der Waals surface area contributed by atoms with Gasteiger partial charge in [0.25, 0.3) is 0 Å². The molecule has 0 spiro atoms. The van der Waals surface area contributed by atoms with Crippen molar-refractivity contribution in [1.82, 2.24) is 9.78 Å². The molecule has 0 radical (unpaired) electrons. The van der Waals surface area contributed by atoms with Crippen LogP contribution in [-0.4, -0.2) is 9.78 Å². The maximum Gasteiger partial charge on any atom is 0.129 e. The van der Waals surface area contributed by atoms with Crippen molar-refractivity contribution in [3.05, 3.63) is 35.0 Å². The fourth-order valence-electron chi connectivity index (χ4n) is 2.11. The van der Waals surface area contributed by atoms with Gasteiger partial charge in [-0.25, -0.2) is 0 Å². The molecule has 2 N–H and O–H groups in total. The highest BCUT2D eigenvalue weighted by Gasteiger charge is 2.31. The van der Waals surface area contributed by atoms with Crippen LogP contribution in [0.5, 0.6) is 0 Å². The van der Waals surface area contributed by atoms with Gasteiger partial charge in [0.2, 0.25) is 0 Å². The van der Waals surface area contributed by atoms with E-state index in [-0.39, 0.29) is 0 Å². The molecule has 3 rings (SSSR count). The SMILES string of the molecule is Cn1nc(C2CC2)c(-c2ccc(Cl)cc2)c1N. The van der Waals surface area contributed by atoms with E-state index in [1.807, 2.05) is 31.3 Å². The summed E-state index contributed by atoms with van der Waals surface area (Å²) in [6, 6.07) is 7.78. The number of halogens is 1. The third-order valence-corrected chi connectivity index (χ3v) is 3.47. The fourth-order valence-corrected chi connectivity index (χ4v) is 2.24. The van der Waals surface area contributed by atoms with Gasteiger partial charge in [0.15, 0.2) is 0 Å². The van der Waals surface area contributed by atoms with Crippen molar-refractivity contribution >= 4 is 17.4 Å². The van der Waals surface area contributed by atoms with Crippen molar-refractivity contribution in [2.75, 3.05) is 5.73 Å². The third-order valence-electron chi connectivity index (χ3n) is 3.22. The van der Waals surface area contributed by atoms with Gasteiger partial charge in [-0.3, -0.25) is 4.68 Å². The Morgan fingerprint density at radius 3 is 2.53 bits per heavy atom. The molecule has 0 atom stereocenters. The summed E-state index contributed by atoms with van der Waals surface area (Å²) in [4.78, 5) is 0. The minimum absolute atomic E-state index is 0.587. The van der Waals surface area contributed by atoms with Crippen LogP contribution in [0, 0.1) is 0 Å². The number of aromatic nitrogens is 2. The summed E-state index contributed by atoms with van der Waals surface area (Å²) in [5, 5.41) is 5.27. The molecule has 0 bridgehead atoms. The molecule has 4 heteroatoms. The molecular weight excluding hydrogens is 234 g/mol. The zero-order valence-electron chi connectivity index (χ0n) is 9.65. The van der Waals surface area contributed by atoms with Crippen molar-refractivity contribution in [1.29, 1.82) is 0 Å². The maximum atomic E-state index is 6.11. The Bertz CT molecular complexity index is 553. The number of nitrogens with zero attached hydrogens (tertiary/aromatic N) is 2. The lowest BCUT2D eigenvalue weighted by Crippen LogP contribution is -1.97. The molecular formula is C13H14ClN3. The molecule has 1 aliphatic carbocycles. The van der Waals surface area contributed by atoms with Crippen molar-refractivity contribution < 1.29 is 0 Å². The summed E-state index contributed by atoms with van der Waals surface area (Å²) in [5.41, 5.74) is 9.41. The molecule has 1 aromatic carbocycles. The fraction of sp³-hybridized carbons (Fsp3) is 0.308. The number of rotatable bonds is 2. The van der Waals surface area contributed by atoms with E-state index < -0.39 is 0 Å². The number of aryl methyl sites for hydroxylation is 1. The summed E-state index contributed by atoms with van der Waals surface area (Å²) >= 11 is 5.91. The zero-order chi connectivity index (χ0) is 12.0. The molecule has 1 aromatic heterocycles. The molecule has 0 amide bonds. The van der Waals surface area contributed by atoms with Gasteiger partial charge < -0.3 is 5.73 Å². The first-order valence-electron chi connectivity index (χ1n) is 5.75. The first-order chi connectivity index (χ1) is 8.16. The van der Waals surface area contributed by atoms with Crippen LogP contribution in [-0.2, 0) is 7.05 Å². The average Bonchev–Trinajstić information content (AvgIpc) is 3.10. The van der Waals surface area contributed by atoms with Gasteiger partial charge in [-0.2, -0.15) is 5.10 Å². The van der Waals surface area contributed by atoms with E-state index in [9.17, 15) is 0 Å². The molecule has 17 heavy (non-hydrogen) atoms. The van der Waals surface area contributed by atoms with E-state index in [0.29, 0.717) is 5.92 Å². The molecule has 1 heterocycles. The van der Waals surface area contributed by atoms with Crippen molar-refractivity contribution in [3.8, 4) is 11.1 Å². The lowest BCUT2D eigenvalue weighted by atomic mass is 10.0. The predicted molar refractivity (Wildman–Crippen MR) is 70.0 cm³/mol. The van der Waals surface area contributed by atoms with E-state index in [2.05, 4.69) is 5.10 Å². The predicted octanol–water partition coefficient (Wildman–Crippen LogP) is 3.20. The average molecular weight is 248 g/mol. The van der Waals surface area contributed by atoms with E-state index >= 15 is 0 Å². The van der Waals surface area contributed by atoms with E-state index in [0.717, 1.165) is 27.7 Å². The van der Waals surface area contributed by atoms with Gasteiger partial charge in [-0.05, 0) is 30.5 Å². The topological polar surface area (TPSA) is 43.8 Å². The Morgan fingerprint density at radius 1 is 1.29 bits per heavy atom. The summed E-state index contributed by atoms with van der Waals surface area (Å²) in [5.74, 6) is 1.32. The lowest BCUT2D eigenvalue weighted by Gasteiger charge is -2.03. The highest BCUT2D eigenvalue weighted by atomic mass is 35.5. The largest absolute Gasteiger partial charge is 0.383 e. The molecule has 1 fully saturated rings. The number of nitrogens with two attached hydrogens (primary N) is 1. The lowest BCUT2D eigenvalue weighted by molar-refractivity contribution is 0.753. The molecule has 0 saturated heterocycles. The van der Waals surface area contributed by atoms with Crippen LogP contribution in [0.1, 0.15) is 24.5 Å². The van der Waals surface area contributed by atoms with Crippen LogP contribution < -0.4 is 5.73 Å². The summed E-state index contributed by atoms with van der Waals surface area (Å²) in [6.45, 7) is 0. The molecule has 3 nitrogen and oxygen atoms in total. The van der Waals surface area contributed by atoms with Crippen LogP contribution in [0.25, 0.3) is 11.1 Å². The van der Waals surface area contributed by atoms with E-state index in [4.69, 9.17) is 17.3 Å². The summed E-state index contributed by atoms with van der Waals surface area (Å²) < 4.78 is 1.76. The maximum absolute atomic E-state index is 6.11. The van der Waals surface area contributed by atoms with Crippen LogP contribution in [0.2, 0.25) is 5.02 Å². The van der Waals surface area contributed by atoms with Gasteiger partial charge in [0.05, 0.1) is 5.69 Å². The van der Waals surface area contributed by atoms with Crippen LogP contribution in [0.4, 0.5) is 5.82 Å². The van der Waals surface area contributed by atoms with Crippen molar-refractivity contribution in [3.63, 3.8) is 0 Å². The first kappa shape index (κ1) is 10.7. The minimum Gasteiger partial charge on any atom is -0.383 e. The van der Waals surface area contributed by atoms with E-state index in [1.165, 1.54) is 12.8 Å². The molecule has 0 aliphatic heterocycles. The molecule has 88 valence electrons. The zero-order valence-corrected chi connectivity index (χ0v) is 10.4. The Morgan fingerprint density at radius 2 is 1.94 bits per heavy atom. The standard InChI is InChI=1S/C13H14ClN3/c1-17-13(15)11(12(16-17)9-2-3-9)8-4-6-10(14)7-5-8/h4-7,9H,2-3,15H2,1H3. The van der Waals surface area contributed by atoms with E-state index in [1.54, 1.807) is 4.68 Å². The highest BCUT2D eigenvalue weighted by molar-refractivity contribution is 6.30. The van der Waals surface area contributed by atoms with Crippen LogP contribution in [0.15, 0.2) is 24.3 Å². The summed E-state index contributed by atoms with van der Waals surface area (Å²) in [7, 11) is 1.89. The second-order valence-corrected chi connectivity index (χ2v) is 4.99. The molecule has 1 saturated carbocycles. The second kappa shape index (κ2) is 3.77. The highest BCUT2D eigenvalue weighted by Crippen LogP contribution is 2.45. The number of anilines is 1. The molecule has 2 aromatic rings. The normalized spacial score (nSPS) is 15.2. The first-order valence-corrected chi connectivity index (χ1v) is 6.13. The smallest absolute Gasteiger partial charge is 0.129 e. The van der Waals surface area contributed by atoms with Crippen LogP contribution >= 0.6 is 11.6 Å². The van der Waals surface area contributed by atoms with Gasteiger partial charge in [0.1, 0.15) is 5.82 Å². The number of benzene rings is 1. The third kappa shape index (κ3) is 1.80. The monoisotopic (exact) mass is 247 g/mol. The van der Waals surface area contributed by atoms with Crippen molar-refractivity contribution in [2.24, 2.45) is 7.05 Å². The molecule has 1 aliphatic rings. The van der Waals surface area contributed by atoms with Crippen molar-refractivity contribution in [2.45, 2.75) is 18.8 Å². The summed E-state index contributed by atoms with van der Waals surface area (Å²) in [6.07, 6.45) is 2.44. The van der Waals surface area contributed by atoms with Gasteiger partial charge in [-0.1, -0.05) is 23.7 Å². The Balaban J connectivity index is 2.15. The van der Waals surface area contributed by atoms with Gasteiger partial charge >= 0.3 is 0 Å². The Hall–Kier alpha value is -1.48. The Kier molecular flexibility index (Phi) is 2.37. The van der Waals surface area contributed by atoms with Crippen LogP contribution in [0.3, 0.4) is 0 Å². The molecule has 0 unspecified atom stereocenters. The minimum atomic E-state index is 0.587. The van der Waals surface area contributed by atoms with Gasteiger partial charge in [0, 0.05) is 23.6 Å². The number of hydrogen-bond acceptors (Lipinski definition) is 2. The number of hydrogen-bond donors (Lipinski definition) is 1.